The van der Waals surface area contributed by atoms with Gasteiger partial charge in [0.05, 0.1) is 12.1 Å². The van der Waals surface area contributed by atoms with E-state index in [1.165, 1.54) is 30.5 Å². The second kappa shape index (κ2) is 6.62. The molecule has 9 heteroatoms. The molecule has 1 aliphatic heterocycles. The molecule has 0 atom stereocenters. The summed E-state index contributed by atoms with van der Waals surface area (Å²) >= 11 is 11.9. The number of amides is 1. The lowest BCUT2D eigenvalue weighted by Crippen LogP contribution is -2.49. The molecule has 0 unspecified atom stereocenters. The highest BCUT2D eigenvalue weighted by Gasteiger charge is 2.32. The van der Waals surface area contributed by atoms with Crippen LogP contribution in [0.25, 0.3) is 0 Å². The van der Waals surface area contributed by atoms with Gasteiger partial charge < -0.3 is 9.64 Å². The number of halogens is 2. The van der Waals surface area contributed by atoms with Crippen molar-refractivity contribution in [3.8, 4) is 5.75 Å². The van der Waals surface area contributed by atoms with Crippen LogP contribution in [-0.2, 0) is 14.8 Å². The van der Waals surface area contributed by atoms with Gasteiger partial charge in [0.25, 0.3) is 0 Å². The Kier molecular flexibility index (Phi) is 5.21. The number of hydrogen-bond donors (Lipinski definition) is 0. The molecule has 2 rings (SSSR count). The minimum Gasteiger partial charge on any atom is -0.494 e. The molecular formula is C13H16Cl2N2O4S. The fourth-order valence-corrected chi connectivity index (χ4v) is 4.32. The maximum Gasteiger partial charge on any atom is 0.246 e. The first kappa shape index (κ1) is 17.3. The van der Waals surface area contributed by atoms with Crippen molar-refractivity contribution in [1.29, 1.82) is 0 Å². The number of carbonyl (C=O) groups excluding carboxylic acids is 1. The summed E-state index contributed by atoms with van der Waals surface area (Å²) < 4.78 is 31.9. The number of benzene rings is 1. The van der Waals surface area contributed by atoms with Crippen LogP contribution in [0.2, 0.25) is 10.0 Å². The van der Waals surface area contributed by atoms with E-state index in [1.807, 2.05) is 0 Å². The van der Waals surface area contributed by atoms with Gasteiger partial charge in [-0.05, 0) is 12.1 Å². The first-order valence-electron chi connectivity index (χ1n) is 6.56. The minimum atomic E-state index is -3.77. The summed E-state index contributed by atoms with van der Waals surface area (Å²) in [5.74, 6) is -0.0349. The molecule has 6 nitrogen and oxygen atoms in total. The Labute approximate surface area is 139 Å². The third-order valence-electron chi connectivity index (χ3n) is 3.52. The normalized spacial score (nSPS) is 16.6. The van der Waals surface area contributed by atoms with E-state index in [0.717, 1.165) is 0 Å². The molecule has 0 saturated carbocycles. The molecule has 1 amide bonds. The highest BCUT2D eigenvalue weighted by molar-refractivity contribution is 7.89. The summed E-state index contributed by atoms with van der Waals surface area (Å²) in [7, 11) is -2.43. The SMILES string of the molecule is COc1c(S(=O)(=O)N2CCN(C(C)=O)CC2)ccc(Cl)c1Cl. The van der Waals surface area contributed by atoms with E-state index in [4.69, 9.17) is 27.9 Å². The van der Waals surface area contributed by atoms with Gasteiger partial charge in [-0.3, -0.25) is 4.79 Å². The Balaban J connectivity index is 2.33. The Morgan fingerprint density at radius 2 is 1.77 bits per heavy atom. The predicted octanol–water partition coefficient (Wildman–Crippen LogP) is 1.85. The third kappa shape index (κ3) is 3.17. The Bertz CT molecular complexity index is 686. The molecule has 122 valence electrons. The van der Waals surface area contributed by atoms with E-state index < -0.39 is 10.0 Å². The van der Waals surface area contributed by atoms with Crippen LogP contribution in [0.5, 0.6) is 5.75 Å². The second-order valence-electron chi connectivity index (χ2n) is 4.80. The molecule has 0 aromatic heterocycles. The van der Waals surface area contributed by atoms with E-state index in [0.29, 0.717) is 13.1 Å². The molecule has 0 radical (unpaired) electrons. The van der Waals surface area contributed by atoms with Crippen molar-refractivity contribution in [3.05, 3.63) is 22.2 Å². The molecule has 0 bridgehead atoms. The van der Waals surface area contributed by atoms with Gasteiger partial charge in [-0.15, -0.1) is 0 Å². The van der Waals surface area contributed by atoms with Crippen LogP contribution in [-0.4, -0.2) is 56.8 Å². The molecule has 22 heavy (non-hydrogen) atoms. The van der Waals surface area contributed by atoms with Crippen molar-refractivity contribution in [3.63, 3.8) is 0 Å². The summed E-state index contributed by atoms with van der Waals surface area (Å²) in [4.78, 5) is 12.9. The Hall–Kier alpha value is -1.02. The molecule has 1 aromatic rings. The average molecular weight is 367 g/mol. The van der Waals surface area contributed by atoms with Gasteiger partial charge in [0, 0.05) is 33.1 Å². The molecule has 1 heterocycles. The molecular weight excluding hydrogens is 351 g/mol. The predicted molar refractivity (Wildman–Crippen MR) is 84.0 cm³/mol. The Morgan fingerprint density at radius 1 is 1.18 bits per heavy atom. The monoisotopic (exact) mass is 366 g/mol. The second-order valence-corrected chi connectivity index (χ2v) is 7.49. The largest absolute Gasteiger partial charge is 0.494 e. The summed E-state index contributed by atoms with van der Waals surface area (Å²) in [5.41, 5.74) is 0. The van der Waals surface area contributed by atoms with E-state index in [1.54, 1.807) is 4.90 Å². The number of methoxy groups -OCH3 is 1. The summed E-state index contributed by atoms with van der Waals surface area (Å²) in [5, 5.41) is 0.284. The molecule has 0 aliphatic carbocycles. The van der Waals surface area contributed by atoms with Crippen molar-refractivity contribution in [2.45, 2.75) is 11.8 Å². The van der Waals surface area contributed by atoms with E-state index in [2.05, 4.69) is 0 Å². The van der Waals surface area contributed by atoms with Gasteiger partial charge in [-0.25, -0.2) is 8.42 Å². The van der Waals surface area contributed by atoms with Crippen LogP contribution in [0.4, 0.5) is 0 Å². The lowest BCUT2D eigenvalue weighted by Gasteiger charge is -2.33. The van der Waals surface area contributed by atoms with E-state index in [9.17, 15) is 13.2 Å². The first-order valence-corrected chi connectivity index (χ1v) is 8.76. The fraction of sp³-hybridized carbons (Fsp3) is 0.462. The van der Waals surface area contributed by atoms with Gasteiger partial charge in [-0.1, -0.05) is 23.2 Å². The van der Waals surface area contributed by atoms with Crippen LogP contribution in [0.3, 0.4) is 0 Å². The van der Waals surface area contributed by atoms with Gasteiger partial charge in [-0.2, -0.15) is 4.31 Å². The molecule has 1 aliphatic rings. The van der Waals surface area contributed by atoms with Crippen LogP contribution >= 0.6 is 23.2 Å². The van der Waals surface area contributed by atoms with Crippen LogP contribution in [0, 0.1) is 0 Å². The van der Waals surface area contributed by atoms with Gasteiger partial charge in [0.1, 0.15) is 9.92 Å². The van der Waals surface area contributed by atoms with Crippen molar-refractivity contribution >= 4 is 39.1 Å². The third-order valence-corrected chi connectivity index (χ3v) is 6.23. The zero-order chi connectivity index (χ0) is 16.5. The number of carbonyl (C=O) groups is 1. The molecule has 1 saturated heterocycles. The van der Waals surface area contributed by atoms with E-state index in [-0.39, 0.29) is 39.7 Å². The fourth-order valence-electron chi connectivity index (χ4n) is 2.29. The highest BCUT2D eigenvalue weighted by Crippen LogP contribution is 2.38. The Morgan fingerprint density at radius 3 is 2.27 bits per heavy atom. The lowest BCUT2D eigenvalue weighted by atomic mass is 10.3. The topological polar surface area (TPSA) is 66.9 Å². The summed E-state index contributed by atoms with van der Waals surface area (Å²) in [6.07, 6.45) is 0. The lowest BCUT2D eigenvalue weighted by molar-refractivity contribution is -0.129. The number of piperazine rings is 1. The number of ether oxygens (including phenoxy) is 1. The molecule has 0 N–H and O–H groups in total. The highest BCUT2D eigenvalue weighted by atomic mass is 35.5. The number of sulfonamides is 1. The van der Waals surface area contributed by atoms with Crippen molar-refractivity contribution in [2.24, 2.45) is 0 Å². The zero-order valence-corrected chi connectivity index (χ0v) is 14.5. The molecule has 0 spiro atoms. The smallest absolute Gasteiger partial charge is 0.246 e. The van der Waals surface area contributed by atoms with Crippen molar-refractivity contribution in [2.75, 3.05) is 33.3 Å². The van der Waals surface area contributed by atoms with Crippen LogP contribution in [0.15, 0.2) is 17.0 Å². The van der Waals surface area contributed by atoms with Gasteiger partial charge in [0.2, 0.25) is 15.9 Å². The maximum atomic E-state index is 12.7. The standard InChI is InChI=1S/C13H16Cl2N2O4S/c1-9(18)16-5-7-17(8-6-16)22(19,20)11-4-3-10(14)12(15)13(11)21-2/h3-4H,5-8H2,1-2H3. The minimum absolute atomic E-state index is 0.0272. The van der Waals surface area contributed by atoms with Crippen molar-refractivity contribution in [1.82, 2.24) is 9.21 Å². The molecule has 1 aromatic carbocycles. The average Bonchev–Trinajstić information content (AvgIpc) is 2.49. The first-order chi connectivity index (χ1) is 10.3. The quantitative estimate of drug-likeness (QED) is 0.818. The van der Waals surface area contributed by atoms with Gasteiger partial charge in [0.15, 0.2) is 5.75 Å². The number of nitrogens with zero attached hydrogens (tertiary/aromatic N) is 2. The van der Waals surface area contributed by atoms with E-state index >= 15 is 0 Å². The maximum absolute atomic E-state index is 12.7. The van der Waals surface area contributed by atoms with Crippen molar-refractivity contribution < 1.29 is 17.9 Å². The molecule has 1 fully saturated rings. The summed E-state index contributed by atoms with van der Waals surface area (Å²) in [6, 6.07) is 2.80. The zero-order valence-electron chi connectivity index (χ0n) is 12.2. The van der Waals surface area contributed by atoms with Crippen LogP contribution in [0.1, 0.15) is 6.92 Å². The number of hydrogen-bond acceptors (Lipinski definition) is 4. The van der Waals surface area contributed by atoms with Gasteiger partial charge >= 0.3 is 0 Å². The summed E-state index contributed by atoms with van der Waals surface area (Å²) in [6.45, 7) is 2.64. The number of rotatable bonds is 3. The van der Waals surface area contributed by atoms with Crippen LogP contribution < -0.4 is 4.74 Å².